The van der Waals surface area contributed by atoms with Gasteiger partial charge in [0.1, 0.15) is 5.82 Å². The van der Waals surface area contributed by atoms with Gasteiger partial charge in [-0.25, -0.2) is 4.39 Å². The number of ether oxygens (including phenoxy) is 1. The molecular formula is C20H25FN2O. The van der Waals surface area contributed by atoms with Crippen molar-refractivity contribution in [1.82, 2.24) is 9.88 Å². The van der Waals surface area contributed by atoms with Crippen molar-refractivity contribution >= 4 is 0 Å². The summed E-state index contributed by atoms with van der Waals surface area (Å²) in [6.07, 6.45) is 3.93. The summed E-state index contributed by atoms with van der Waals surface area (Å²) in [5.74, 6) is 0.202. The van der Waals surface area contributed by atoms with Crippen LogP contribution in [0.1, 0.15) is 23.2 Å². The van der Waals surface area contributed by atoms with Crippen molar-refractivity contribution in [2.24, 2.45) is 5.92 Å². The van der Waals surface area contributed by atoms with E-state index in [0.717, 1.165) is 43.7 Å². The summed E-state index contributed by atoms with van der Waals surface area (Å²) in [7, 11) is 1.78. The topological polar surface area (TPSA) is 25.4 Å². The molecule has 1 aliphatic heterocycles. The first kappa shape index (κ1) is 17.1. The first-order valence-corrected chi connectivity index (χ1v) is 8.56. The van der Waals surface area contributed by atoms with Crippen molar-refractivity contribution in [2.75, 3.05) is 20.2 Å². The van der Waals surface area contributed by atoms with E-state index in [4.69, 9.17) is 4.74 Å². The van der Waals surface area contributed by atoms with Crippen molar-refractivity contribution in [3.8, 4) is 0 Å². The average molecular weight is 328 g/mol. The van der Waals surface area contributed by atoms with Gasteiger partial charge in [-0.1, -0.05) is 18.2 Å². The molecule has 4 heteroatoms. The van der Waals surface area contributed by atoms with Crippen molar-refractivity contribution in [2.45, 2.75) is 32.4 Å². The maximum Gasteiger partial charge on any atom is 0.123 e. The molecule has 1 aliphatic rings. The highest BCUT2D eigenvalue weighted by Crippen LogP contribution is 2.25. The second-order valence-corrected chi connectivity index (χ2v) is 6.66. The van der Waals surface area contributed by atoms with Crippen LogP contribution in [0.2, 0.25) is 0 Å². The molecule has 3 rings (SSSR count). The molecule has 0 radical (unpaired) electrons. The van der Waals surface area contributed by atoms with Crippen molar-refractivity contribution in [3.63, 3.8) is 0 Å². The molecule has 1 aromatic carbocycles. The van der Waals surface area contributed by atoms with Crippen LogP contribution < -0.4 is 0 Å². The number of aryl methyl sites for hydroxylation is 1. The van der Waals surface area contributed by atoms with Gasteiger partial charge in [-0.05, 0) is 49.1 Å². The van der Waals surface area contributed by atoms with E-state index in [1.54, 1.807) is 19.2 Å². The van der Waals surface area contributed by atoms with Gasteiger partial charge in [0.05, 0.1) is 11.8 Å². The van der Waals surface area contributed by atoms with E-state index in [-0.39, 0.29) is 11.9 Å². The quantitative estimate of drug-likeness (QED) is 0.838. The highest BCUT2D eigenvalue weighted by Gasteiger charge is 2.29. The lowest BCUT2D eigenvalue weighted by Crippen LogP contribution is -2.44. The summed E-state index contributed by atoms with van der Waals surface area (Å²) in [5.41, 5.74) is 3.41. The molecule has 0 unspecified atom stereocenters. The fourth-order valence-electron chi connectivity index (χ4n) is 3.60. The number of piperidine rings is 1. The molecule has 1 fully saturated rings. The maximum absolute atomic E-state index is 13.5. The molecule has 0 N–H and O–H groups in total. The van der Waals surface area contributed by atoms with Gasteiger partial charge >= 0.3 is 0 Å². The Kier molecular flexibility index (Phi) is 5.59. The third kappa shape index (κ3) is 4.19. The molecular weight excluding hydrogens is 303 g/mol. The highest BCUT2D eigenvalue weighted by atomic mass is 19.1. The number of rotatable bonds is 5. The summed E-state index contributed by atoms with van der Waals surface area (Å²) < 4.78 is 19.2. The Bertz CT molecular complexity index is 676. The van der Waals surface area contributed by atoms with Crippen LogP contribution in [0, 0.1) is 18.7 Å². The number of benzene rings is 1. The lowest BCUT2D eigenvalue weighted by atomic mass is 9.88. The number of nitrogens with zero attached hydrogens (tertiary/aromatic N) is 2. The van der Waals surface area contributed by atoms with E-state index in [1.807, 2.05) is 18.3 Å². The number of aromatic nitrogens is 1. The zero-order chi connectivity index (χ0) is 16.9. The minimum atomic E-state index is -0.168. The molecule has 0 amide bonds. The zero-order valence-electron chi connectivity index (χ0n) is 14.4. The maximum atomic E-state index is 13.5. The van der Waals surface area contributed by atoms with E-state index < -0.39 is 0 Å². The molecule has 128 valence electrons. The molecule has 0 spiro atoms. The molecule has 0 bridgehead atoms. The van der Waals surface area contributed by atoms with Gasteiger partial charge in [0.15, 0.2) is 0 Å². The van der Waals surface area contributed by atoms with Gasteiger partial charge < -0.3 is 4.74 Å². The van der Waals surface area contributed by atoms with Crippen LogP contribution in [0.4, 0.5) is 4.39 Å². The van der Waals surface area contributed by atoms with E-state index in [1.165, 1.54) is 11.6 Å². The number of likely N-dealkylation sites (tertiary alicyclic amines) is 1. The lowest BCUT2D eigenvalue weighted by molar-refractivity contribution is -0.00884. The minimum absolute atomic E-state index is 0.168. The summed E-state index contributed by atoms with van der Waals surface area (Å²) >= 11 is 0. The Morgan fingerprint density at radius 2 is 2.17 bits per heavy atom. The second kappa shape index (κ2) is 7.86. The lowest BCUT2D eigenvalue weighted by Gasteiger charge is -2.38. The monoisotopic (exact) mass is 328 g/mol. The predicted octanol–water partition coefficient (Wildman–Crippen LogP) is 3.61. The Balaban J connectivity index is 1.69. The Labute approximate surface area is 143 Å². The molecule has 2 atom stereocenters. The van der Waals surface area contributed by atoms with Crippen molar-refractivity contribution < 1.29 is 9.13 Å². The van der Waals surface area contributed by atoms with Gasteiger partial charge in [0.25, 0.3) is 0 Å². The molecule has 24 heavy (non-hydrogen) atoms. The molecule has 0 saturated carbocycles. The second-order valence-electron chi connectivity index (χ2n) is 6.66. The molecule has 2 heterocycles. The summed E-state index contributed by atoms with van der Waals surface area (Å²) in [6.45, 7) is 4.93. The smallest absolute Gasteiger partial charge is 0.123 e. The van der Waals surface area contributed by atoms with Crippen LogP contribution in [-0.4, -0.2) is 36.2 Å². The molecule has 1 saturated heterocycles. The Morgan fingerprint density at radius 3 is 2.92 bits per heavy atom. The van der Waals surface area contributed by atoms with Crippen LogP contribution in [0.5, 0.6) is 0 Å². The zero-order valence-corrected chi connectivity index (χ0v) is 14.4. The fraction of sp³-hybridized carbons (Fsp3) is 0.450. The highest BCUT2D eigenvalue weighted by molar-refractivity contribution is 5.19. The summed E-state index contributed by atoms with van der Waals surface area (Å²) in [5, 5.41) is 0. The van der Waals surface area contributed by atoms with Gasteiger partial charge in [-0.3, -0.25) is 9.88 Å². The number of hydrogen-bond acceptors (Lipinski definition) is 3. The number of hydrogen-bond donors (Lipinski definition) is 0. The van der Waals surface area contributed by atoms with Crippen LogP contribution in [-0.2, 0) is 17.7 Å². The normalized spacial score (nSPS) is 21.8. The predicted molar refractivity (Wildman–Crippen MR) is 93.3 cm³/mol. The number of halogens is 1. The third-order valence-corrected chi connectivity index (χ3v) is 4.93. The minimum Gasteiger partial charge on any atom is -0.381 e. The van der Waals surface area contributed by atoms with Gasteiger partial charge in [0.2, 0.25) is 0 Å². The molecule has 2 aromatic rings. The fourth-order valence-corrected chi connectivity index (χ4v) is 3.60. The van der Waals surface area contributed by atoms with Crippen LogP contribution in [0.25, 0.3) is 0 Å². The third-order valence-electron chi connectivity index (χ3n) is 4.93. The Hall–Kier alpha value is -1.78. The molecule has 3 nitrogen and oxygen atoms in total. The van der Waals surface area contributed by atoms with Crippen LogP contribution >= 0.6 is 0 Å². The first-order chi connectivity index (χ1) is 11.7. The standard InChI is InChI=1S/C20H25FN2O/c1-15-5-4-9-22-19(15)14-23-10-8-20(24-2)17(13-23)11-16-6-3-7-18(21)12-16/h3-7,9,12,17,20H,8,10-11,13-14H2,1-2H3/t17-,20-/m1/s1. The summed E-state index contributed by atoms with van der Waals surface area (Å²) in [6, 6.07) is 11.0. The average Bonchev–Trinajstić information content (AvgIpc) is 2.57. The van der Waals surface area contributed by atoms with Gasteiger partial charge in [-0.2, -0.15) is 0 Å². The van der Waals surface area contributed by atoms with Crippen molar-refractivity contribution in [1.29, 1.82) is 0 Å². The first-order valence-electron chi connectivity index (χ1n) is 8.56. The van der Waals surface area contributed by atoms with E-state index in [0.29, 0.717) is 5.92 Å². The van der Waals surface area contributed by atoms with Crippen LogP contribution in [0.15, 0.2) is 42.6 Å². The van der Waals surface area contributed by atoms with E-state index in [2.05, 4.69) is 22.9 Å². The van der Waals surface area contributed by atoms with Gasteiger partial charge in [-0.15, -0.1) is 0 Å². The SMILES string of the molecule is CO[C@@H]1CCN(Cc2ncccc2C)C[C@H]1Cc1cccc(F)c1. The van der Waals surface area contributed by atoms with E-state index in [9.17, 15) is 4.39 Å². The van der Waals surface area contributed by atoms with E-state index >= 15 is 0 Å². The molecule has 0 aliphatic carbocycles. The van der Waals surface area contributed by atoms with Crippen LogP contribution in [0.3, 0.4) is 0 Å². The largest absolute Gasteiger partial charge is 0.381 e. The summed E-state index contributed by atoms with van der Waals surface area (Å²) in [4.78, 5) is 6.95. The van der Waals surface area contributed by atoms with Crippen molar-refractivity contribution in [3.05, 3.63) is 65.2 Å². The Morgan fingerprint density at radius 1 is 1.29 bits per heavy atom. The van der Waals surface area contributed by atoms with Gasteiger partial charge in [0, 0.05) is 38.9 Å². The molecule has 1 aromatic heterocycles. The number of methoxy groups -OCH3 is 1. The number of pyridine rings is 1.